The van der Waals surface area contributed by atoms with Crippen LogP contribution in [0.15, 0.2) is 132 Å². The van der Waals surface area contributed by atoms with Crippen LogP contribution in [0.5, 0.6) is 23.1 Å². The average Bonchev–Trinajstić information content (AvgIpc) is 3.53. The standard InChI is InChI=1S/C34H21N3O3/c1-3-11-27-24(9-1)25-16-15-22(19-28(25)37(27)32-13-5-7-17-35-32)38-30-20-23(39-33-14-6-8-18-36-33)21-31-34(30)26-10-2-4-12-29(26)40-31/h1-21H. The fourth-order valence-corrected chi connectivity index (χ4v) is 5.33. The van der Waals surface area contributed by atoms with E-state index in [-0.39, 0.29) is 0 Å². The van der Waals surface area contributed by atoms with Gasteiger partial charge in [0.2, 0.25) is 5.88 Å². The van der Waals surface area contributed by atoms with E-state index in [9.17, 15) is 0 Å². The molecule has 0 atom stereocenters. The summed E-state index contributed by atoms with van der Waals surface area (Å²) in [7, 11) is 0. The topological polar surface area (TPSA) is 62.3 Å². The van der Waals surface area contributed by atoms with E-state index < -0.39 is 0 Å². The van der Waals surface area contributed by atoms with Gasteiger partial charge in [0.1, 0.15) is 34.2 Å². The van der Waals surface area contributed by atoms with E-state index in [1.54, 1.807) is 6.20 Å². The molecule has 0 radical (unpaired) electrons. The third-order valence-electron chi connectivity index (χ3n) is 7.03. The highest BCUT2D eigenvalue weighted by Gasteiger charge is 2.18. The quantitative estimate of drug-likeness (QED) is 0.227. The van der Waals surface area contributed by atoms with Crippen molar-refractivity contribution in [1.82, 2.24) is 14.5 Å². The zero-order valence-corrected chi connectivity index (χ0v) is 21.2. The van der Waals surface area contributed by atoms with Gasteiger partial charge < -0.3 is 13.9 Å². The third-order valence-corrected chi connectivity index (χ3v) is 7.03. The Morgan fingerprint density at radius 1 is 0.550 bits per heavy atom. The van der Waals surface area contributed by atoms with Gasteiger partial charge in [-0.15, -0.1) is 0 Å². The van der Waals surface area contributed by atoms with E-state index >= 15 is 0 Å². The number of nitrogens with zero attached hydrogens (tertiary/aromatic N) is 3. The van der Waals surface area contributed by atoms with Crippen LogP contribution < -0.4 is 9.47 Å². The van der Waals surface area contributed by atoms with Crippen molar-refractivity contribution in [1.29, 1.82) is 0 Å². The molecule has 0 N–H and O–H groups in total. The second-order valence-electron chi connectivity index (χ2n) is 9.48. The molecule has 0 unspecified atom stereocenters. The molecule has 4 aromatic carbocycles. The van der Waals surface area contributed by atoms with Crippen molar-refractivity contribution >= 4 is 43.7 Å². The van der Waals surface area contributed by atoms with Crippen molar-refractivity contribution in [3.8, 4) is 28.9 Å². The van der Waals surface area contributed by atoms with Crippen LogP contribution in [0.4, 0.5) is 0 Å². The highest BCUT2D eigenvalue weighted by Crippen LogP contribution is 2.42. The molecule has 8 rings (SSSR count). The molecule has 0 saturated carbocycles. The lowest BCUT2D eigenvalue weighted by Crippen LogP contribution is -1.96. The summed E-state index contributed by atoms with van der Waals surface area (Å²) in [5.74, 6) is 3.23. The van der Waals surface area contributed by atoms with Gasteiger partial charge in [0.05, 0.1) is 16.4 Å². The second kappa shape index (κ2) is 8.99. The number of furan rings is 1. The zero-order valence-electron chi connectivity index (χ0n) is 21.2. The van der Waals surface area contributed by atoms with Gasteiger partial charge in [-0.2, -0.15) is 0 Å². The Kier molecular flexibility index (Phi) is 5.03. The van der Waals surface area contributed by atoms with Crippen LogP contribution in [0.2, 0.25) is 0 Å². The molecule has 190 valence electrons. The molecule has 0 fully saturated rings. The maximum Gasteiger partial charge on any atom is 0.219 e. The molecule has 0 aliphatic rings. The Morgan fingerprint density at radius 3 is 2.17 bits per heavy atom. The van der Waals surface area contributed by atoms with Crippen LogP contribution in [0.25, 0.3) is 49.6 Å². The number of ether oxygens (including phenoxy) is 2. The Balaban J connectivity index is 1.31. The van der Waals surface area contributed by atoms with Gasteiger partial charge in [0.15, 0.2) is 0 Å². The van der Waals surface area contributed by atoms with Crippen molar-refractivity contribution in [2.45, 2.75) is 0 Å². The minimum absolute atomic E-state index is 0.491. The predicted molar refractivity (Wildman–Crippen MR) is 157 cm³/mol. The van der Waals surface area contributed by atoms with Gasteiger partial charge in [-0.3, -0.25) is 4.57 Å². The molecule has 8 aromatic rings. The Morgan fingerprint density at radius 2 is 1.32 bits per heavy atom. The summed E-state index contributed by atoms with van der Waals surface area (Å²) >= 11 is 0. The molecule has 6 heteroatoms. The molecule has 0 bridgehead atoms. The van der Waals surface area contributed by atoms with Crippen LogP contribution in [0.1, 0.15) is 0 Å². The van der Waals surface area contributed by atoms with Crippen molar-refractivity contribution in [2.75, 3.05) is 0 Å². The number of hydrogen-bond donors (Lipinski definition) is 0. The summed E-state index contributed by atoms with van der Waals surface area (Å²) in [6, 6.07) is 37.7. The number of pyridine rings is 2. The normalized spacial score (nSPS) is 11.5. The van der Waals surface area contributed by atoms with Crippen LogP contribution in [0.3, 0.4) is 0 Å². The summed E-state index contributed by atoms with van der Waals surface area (Å²) < 4.78 is 21.1. The molecule has 4 heterocycles. The SMILES string of the molecule is c1ccc(Oc2cc(Oc3ccc4c5ccccc5n(-c5ccccn5)c4c3)c3c(c2)oc2ccccc23)nc1. The monoisotopic (exact) mass is 519 g/mol. The number of fused-ring (bicyclic) bond motifs is 6. The fourth-order valence-electron chi connectivity index (χ4n) is 5.33. The van der Waals surface area contributed by atoms with E-state index in [2.05, 4.69) is 44.9 Å². The minimum Gasteiger partial charge on any atom is -0.456 e. The first kappa shape index (κ1) is 22.4. The molecule has 0 aliphatic heterocycles. The average molecular weight is 520 g/mol. The van der Waals surface area contributed by atoms with E-state index in [0.717, 1.165) is 44.0 Å². The lowest BCUT2D eigenvalue weighted by Gasteiger charge is -2.11. The molecule has 40 heavy (non-hydrogen) atoms. The van der Waals surface area contributed by atoms with Crippen molar-refractivity contribution in [3.05, 3.63) is 128 Å². The molecule has 0 amide bonds. The molecule has 0 saturated heterocycles. The second-order valence-corrected chi connectivity index (χ2v) is 9.48. The molecule has 0 spiro atoms. The van der Waals surface area contributed by atoms with E-state index in [1.165, 1.54) is 0 Å². The number of benzene rings is 4. The first-order valence-corrected chi connectivity index (χ1v) is 13.0. The summed E-state index contributed by atoms with van der Waals surface area (Å²) in [5.41, 5.74) is 3.55. The molecule has 0 aliphatic carbocycles. The Hall–Kier alpha value is -5.62. The van der Waals surface area contributed by atoms with Crippen LogP contribution in [-0.2, 0) is 0 Å². The molecule has 4 aromatic heterocycles. The largest absolute Gasteiger partial charge is 0.456 e. The Labute approximate surface area is 228 Å². The molecular weight excluding hydrogens is 498 g/mol. The third kappa shape index (κ3) is 3.66. The van der Waals surface area contributed by atoms with E-state index in [1.807, 2.05) is 91.1 Å². The van der Waals surface area contributed by atoms with Gasteiger partial charge in [-0.1, -0.05) is 48.5 Å². The zero-order chi connectivity index (χ0) is 26.5. The number of para-hydroxylation sites is 2. The van der Waals surface area contributed by atoms with Gasteiger partial charge in [0.25, 0.3) is 0 Å². The number of hydrogen-bond acceptors (Lipinski definition) is 5. The lowest BCUT2D eigenvalue weighted by atomic mass is 10.1. The number of aromatic nitrogens is 3. The van der Waals surface area contributed by atoms with Crippen LogP contribution >= 0.6 is 0 Å². The van der Waals surface area contributed by atoms with Gasteiger partial charge in [-0.05, 0) is 42.5 Å². The van der Waals surface area contributed by atoms with E-state index in [4.69, 9.17) is 13.9 Å². The van der Waals surface area contributed by atoms with Crippen LogP contribution in [-0.4, -0.2) is 14.5 Å². The smallest absolute Gasteiger partial charge is 0.219 e. The maximum atomic E-state index is 6.64. The van der Waals surface area contributed by atoms with Gasteiger partial charge in [0, 0.05) is 52.8 Å². The van der Waals surface area contributed by atoms with Crippen LogP contribution in [0, 0.1) is 0 Å². The summed E-state index contributed by atoms with van der Waals surface area (Å²) in [6.45, 7) is 0. The molecular formula is C34H21N3O3. The maximum absolute atomic E-state index is 6.64. The van der Waals surface area contributed by atoms with Crippen molar-refractivity contribution in [2.24, 2.45) is 0 Å². The fraction of sp³-hybridized carbons (Fsp3) is 0. The van der Waals surface area contributed by atoms with Gasteiger partial charge >= 0.3 is 0 Å². The highest BCUT2D eigenvalue weighted by atomic mass is 16.5. The first-order chi connectivity index (χ1) is 19.8. The summed E-state index contributed by atoms with van der Waals surface area (Å²) in [6.07, 6.45) is 3.51. The van der Waals surface area contributed by atoms with Gasteiger partial charge in [-0.25, -0.2) is 9.97 Å². The lowest BCUT2D eigenvalue weighted by molar-refractivity contribution is 0.451. The highest BCUT2D eigenvalue weighted by molar-refractivity contribution is 6.10. The van der Waals surface area contributed by atoms with Crippen molar-refractivity contribution in [3.63, 3.8) is 0 Å². The molecule has 6 nitrogen and oxygen atoms in total. The first-order valence-electron chi connectivity index (χ1n) is 13.0. The minimum atomic E-state index is 0.491. The van der Waals surface area contributed by atoms with E-state index in [0.29, 0.717) is 28.7 Å². The summed E-state index contributed by atoms with van der Waals surface area (Å²) in [5, 5.41) is 4.14. The summed E-state index contributed by atoms with van der Waals surface area (Å²) in [4.78, 5) is 8.94. The predicted octanol–water partition coefficient (Wildman–Crippen LogP) is 9.06. The van der Waals surface area contributed by atoms with Crippen molar-refractivity contribution < 1.29 is 13.9 Å². The Bertz CT molecular complexity index is 2170. The number of rotatable bonds is 5.